The van der Waals surface area contributed by atoms with Gasteiger partial charge in [0, 0.05) is 17.6 Å². The molecule has 6 nitrogen and oxygen atoms in total. The van der Waals surface area contributed by atoms with Gasteiger partial charge in [-0.15, -0.1) is 5.10 Å². The van der Waals surface area contributed by atoms with E-state index in [1.165, 1.54) is 0 Å². The molecule has 2 heterocycles. The molecule has 2 aromatic heterocycles. The van der Waals surface area contributed by atoms with Crippen LogP contribution in [0.1, 0.15) is 13.3 Å². The summed E-state index contributed by atoms with van der Waals surface area (Å²) in [5.41, 5.74) is 8.40. The second-order valence-electron chi connectivity index (χ2n) is 4.88. The van der Waals surface area contributed by atoms with Gasteiger partial charge in [-0.2, -0.15) is 0 Å². The Morgan fingerprint density at radius 2 is 2.14 bits per heavy atom. The summed E-state index contributed by atoms with van der Waals surface area (Å²) >= 11 is 3.49. The van der Waals surface area contributed by atoms with E-state index in [0.29, 0.717) is 13.1 Å². The molecule has 0 aliphatic heterocycles. The van der Waals surface area contributed by atoms with Crippen molar-refractivity contribution in [2.75, 3.05) is 6.54 Å². The van der Waals surface area contributed by atoms with Gasteiger partial charge in [0.2, 0.25) is 0 Å². The Bertz CT molecular complexity index is 760. The molecule has 0 saturated carbocycles. The first-order valence-electron chi connectivity index (χ1n) is 6.99. The summed E-state index contributed by atoms with van der Waals surface area (Å²) in [5, 5.41) is 8.32. The van der Waals surface area contributed by atoms with E-state index in [4.69, 9.17) is 10.7 Å². The lowest BCUT2D eigenvalue weighted by atomic mass is 10.3. The number of aromatic nitrogens is 5. The van der Waals surface area contributed by atoms with Crippen molar-refractivity contribution in [2.45, 2.75) is 26.4 Å². The van der Waals surface area contributed by atoms with Crippen LogP contribution in [0.25, 0.3) is 22.6 Å². The van der Waals surface area contributed by atoms with Gasteiger partial charge in [-0.05, 0) is 24.6 Å². The topological polar surface area (TPSA) is 74.5 Å². The highest BCUT2D eigenvalue weighted by Crippen LogP contribution is 2.26. The van der Waals surface area contributed by atoms with Crippen molar-refractivity contribution >= 4 is 27.0 Å². The summed E-state index contributed by atoms with van der Waals surface area (Å²) in [5.74, 6) is 0.855. The number of aryl methyl sites for hydroxylation is 1. The fourth-order valence-electron chi connectivity index (χ4n) is 2.39. The highest BCUT2D eigenvalue weighted by atomic mass is 79.9. The lowest BCUT2D eigenvalue weighted by Crippen LogP contribution is -2.10. The molecule has 0 spiro atoms. The molecule has 0 aliphatic carbocycles. The van der Waals surface area contributed by atoms with Crippen LogP contribution in [0, 0.1) is 0 Å². The number of hydrogen-bond acceptors (Lipinski definition) is 4. The highest BCUT2D eigenvalue weighted by molar-refractivity contribution is 9.10. The molecule has 21 heavy (non-hydrogen) atoms. The SMILES string of the molecule is CCCn1c(-c2cn(CCN)nn2)nc2cc(Br)ccc21. The standard InChI is InChI=1S/C14H17BrN6/c1-2-6-21-13-4-3-10(15)8-11(13)17-14(21)12-9-20(7-5-16)19-18-12/h3-4,8-9H,2,5-7,16H2,1H3. The number of imidazole rings is 1. The van der Waals surface area contributed by atoms with E-state index in [9.17, 15) is 0 Å². The number of nitrogens with zero attached hydrogens (tertiary/aromatic N) is 5. The molecule has 3 aromatic rings. The smallest absolute Gasteiger partial charge is 0.163 e. The Balaban J connectivity index is 2.12. The second kappa shape index (κ2) is 5.95. The van der Waals surface area contributed by atoms with Gasteiger partial charge < -0.3 is 10.3 Å². The van der Waals surface area contributed by atoms with Crippen LogP contribution in [0.2, 0.25) is 0 Å². The molecule has 0 saturated heterocycles. The summed E-state index contributed by atoms with van der Waals surface area (Å²) < 4.78 is 4.97. The van der Waals surface area contributed by atoms with Gasteiger partial charge in [0.15, 0.2) is 5.82 Å². The average Bonchev–Trinajstić information content (AvgIpc) is 3.04. The van der Waals surface area contributed by atoms with E-state index in [-0.39, 0.29) is 0 Å². The predicted octanol–water partition coefficient (Wildman–Crippen LogP) is 2.43. The molecule has 0 atom stereocenters. The molecule has 0 unspecified atom stereocenters. The van der Waals surface area contributed by atoms with Gasteiger partial charge in [0.05, 0.1) is 23.8 Å². The molecule has 0 fully saturated rings. The van der Waals surface area contributed by atoms with Gasteiger partial charge in [-0.1, -0.05) is 28.1 Å². The molecule has 0 radical (unpaired) electrons. The summed E-state index contributed by atoms with van der Waals surface area (Å²) in [7, 11) is 0. The van der Waals surface area contributed by atoms with Gasteiger partial charge >= 0.3 is 0 Å². The lowest BCUT2D eigenvalue weighted by molar-refractivity contribution is 0.598. The van der Waals surface area contributed by atoms with Crippen LogP contribution in [-0.2, 0) is 13.1 Å². The van der Waals surface area contributed by atoms with Crippen molar-refractivity contribution in [3.63, 3.8) is 0 Å². The third-order valence-electron chi connectivity index (χ3n) is 3.28. The number of hydrogen-bond donors (Lipinski definition) is 1. The van der Waals surface area contributed by atoms with E-state index >= 15 is 0 Å². The van der Waals surface area contributed by atoms with Crippen LogP contribution in [0.5, 0.6) is 0 Å². The van der Waals surface area contributed by atoms with Crippen LogP contribution in [0.4, 0.5) is 0 Å². The van der Waals surface area contributed by atoms with E-state index in [1.54, 1.807) is 4.68 Å². The van der Waals surface area contributed by atoms with Crippen LogP contribution < -0.4 is 5.73 Å². The Labute approximate surface area is 131 Å². The van der Waals surface area contributed by atoms with E-state index in [2.05, 4.69) is 43.8 Å². The minimum absolute atomic E-state index is 0.543. The number of benzene rings is 1. The molecule has 0 amide bonds. The minimum atomic E-state index is 0.543. The Morgan fingerprint density at radius 3 is 2.90 bits per heavy atom. The normalized spacial score (nSPS) is 11.4. The highest BCUT2D eigenvalue weighted by Gasteiger charge is 2.15. The van der Waals surface area contributed by atoms with Crippen molar-refractivity contribution in [3.8, 4) is 11.5 Å². The van der Waals surface area contributed by atoms with Crippen molar-refractivity contribution in [3.05, 3.63) is 28.9 Å². The molecule has 1 aromatic carbocycles. The summed E-state index contributed by atoms with van der Waals surface area (Å²) in [6, 6.07) is 6.14. The molecular weight excluding hydrogens is 332 g/mol. The largest absolute Gasteiger partial charge is 0.329 e. The van der Waals surface area contributed by atoms with Gasteiger partial charge in [0.25, 0.3) is 0 Å². The first-order chi connectivity index (χ1) is 10.2. The fourth-order valence-corrected chi connectivity index (χ4v) is 2.74. The number of fused-ring (bicyclic) bond motifs is 1. The van der Waals surface area contributed by atoms with Crippen molar-refractivity contribution in [2.24, 2.45) is 5.73 Å². The molecule has 3 rings (SSSR count). The quantitative estimate of drug-likeness (QED) is 0.768. The summed E-state index contributed by atoms with van der Waals surface area (Å²) in [6.45, 7) is 4.25. The second-order valence-corrected chi connectivity index (χ2v) is 5.79. The van der Waals surface area contributed by atoms with Crippen molar-refractivity contribution in [1.29, 1.82) is 0 Å². The van der Waals surface area contributed by atoms with E-state index in [1.807, 2.05) is 18.3 Å². The van der Waals surface area contributed by atoms with E-state index < -0.39 is 0 Å². The molecule has 7 heteroatoms. The Hall–Kier alpha value is -1.73. The first kappa shape index (κ1) is 14.2. The first-order valence-corrected chi connectivity index (χ1v) is 7.78. The Morgan fingerprint density at radius 1 is 1.29 bits per heavy atom. The van der Waals surface area contributed by atoms with Crippen LogP contribution in [0.15, 0.2) is 28.9 Å². The zero-order valence-corrected chi connectivity index (χ0v) is 13.4. The molecule has 2 N–H and O–H groups in total. The fraction of sp³-hybridized carbons (Fsp3) is 0.357. The monoisotopic (exact) mass is 348 g/mol. The van der Waals surface area contributed by atoms with Gasteiger partial charge in [-0.25, -0.2) is 4.98 Å². The predicted molar refractivity (Wildman–Crippen MR) is 85.8 cm³/mol. The maximum atomic E-state index is 5.55. The van der Waals surface area contributed by atoms with Crippen molar-refractivity contribution in [1.82, 2.24) is 24.5 Å². The molecule has 110 valence electrons. The van der Waals surface area contributed by atoms with Crippen molar-refractivity contribution < 1.29 is 0 Å². The minimum Gasteiger partial charge on any atom is -0.329 e. The maximum Gasteiger partial charge on any atom is 0.163 e. The average molecular weight is 349 g/mol. The summed E-state index contributed by atoms with van der Waals surface area (Å²) in [4.78, 5) is 4.72. The van der Waals surface area contributed by atoms with Gasteiger partial charge in [-0.3, -0.25) is 4.68 Å². The lowest BCUT2D eigenvalue weighted by Gasteiger charge is -2.05. The molecule has 0 bridgehead atoms. The van der Waals surface area contributed by atoms with E-state index in [0.717, 1.165) is 40.0 Å². The van der Waals surface area contributed by atoms with Crippen LogP contribution in [0.3, 0.4) is 0 Å². The Kier molecular flexibility index (Phi) is 4.03. The molecular formula is C14H17BrN6. The number of halogens is 1. The number of rotatable bonds is 5. The number of nitrogens with two attached hydrogens (primary N) is 1. The third kappa shape index (κ3) is 2.71. The van der Waals surface area contributed by atoms with Crippen LogP contribution in [-0.4, -0.2) is 31.1 Å². The zero-order chi connectivity index (χ0) is 14.8. The molecule has 0 aliphatic rings. The third-order valence-corrected chi connectivity index (χ3v) is 3.78. The van der Waals surface area contributed by atoms with Gasteiger partial charge in [0.1, 0.15) is 5.69 Å². The summed E-state index contributed by atoms with van der Waals surface area (Å²) in [6.07, 6.45) is 2.93. The maximum absolute atomic E-state index is 5.55. The zero-order valence-electron chi connectivity index (χ0n) is 11.8. The van der Waals surface area contributed by atoms with Crippen LogP contribution >= 0.6 is 15.9 Å².